The number of anilines is 1. The Morgan fingerprint density at radius 1 is 1.45 bits per heavy atom. The van der Waals surface area contributed by atoms with Crippen LogP contribution in [0.25, 0.3) is 0 Å². The first kappa shape index (κ1) is 16.1. The van der Waals surface area contributed by atoms with Crippen molar-refractivity contribution in [1.29, 1.82) is 0 Å². The summed E-state index contributed by atoms with van der Waals surface area (Å²) in [5, 5.41) is 11.6. The lowest BCUT2D eigenvalue weighted by Crippen LogP contribution is -2.25. The summed E-state index contributed by atoms with van der Waals surface area (Å²) in [6.07, 6.45) is -0.0604. The normalized spacial score (nSPS) is 18.5. The van der Waals surface area contributed by atoms with Gasteiger partial charge in [0.2, 0.25) is 0 Å². The maximum Gasteiger partial charge on any atom is 0.414 e. The number of ether oxygens (including phenoxy) is 3. The summed E-state index contributed by atoms with van der Waals surface area (Å²) in [7, 11) is 1.58. The number of hydrogen-bond acceptors (Lipinski definition) is 6. The summed E-state index contributed by atoms with van der Waals surface area (Å²) in [6, 6.07) is 7.19. The molecule has 1 atom stereocenters. The maximum absolute atomic E-state index is 11.8. The highest BCUT2D eigenvalue weighted by atomic mass is 16.6. The molecule has 1 N–H and O–H groups in total. The molecule has 1 amide bonds. The third-order valence-electron chi connectivity index (χ3n) is 3.28. The Labute approximate surface area is 129 Å². The van der Waals surface area contributed by atoms with Gasteiger partial charge in [-0.05, 0) is 31.2 Å². The van der Waals surface area contributed by atoms with Gasteiger partial charge in [-0.15, -0.1) is 0 Å². The van der Waals surface area contributed by atoms with E-state index in [4.69, 9.17) is 19.4 Å². The van der Waals surface area contributed by atoms with E-state index in [-0.39, 0.29) is 12.2 Å². The van der Waals surface area contributed by atoms with Crippen LogP contribution >= 0.6 is 0 Å². The minimum absolute atomic E-state index is 0.242. The molecule has 0 radical (unpaired) electrons. The molecule has 0 bridgehead atoms. The standard InChI is InChI=1S/C15H20N2O5/c1-11(16-19)7-8-21-13-5-3-12(4-6-13)17-9-14(10-20-2)22-15(17)18/h3-6,14,19H,7-10H2,1-2H3/b16-11-. The zero-order chi connectivity index (χ0) is 15.9. The number of methoxy groups -OCH3 is 1. The van der Waals surface area contributed by atoms with Gasteiger partial charge in [0.1, 0.15) is 11.9 Å². The van der Waals surface area contributed by atoms with E-state index in [1.807, 2.05) is 0 Å². The summed E-state index contributed by atoms with van der Waals surface area (Å²) in [6.45, 7) is 3.01. The maximum atomic E-state index is 11.8. The first-order chi connectivity index (χ1) is 10.6. The third kappa shape index (κ3) is 4.11. The van der Waals surface area contributed by atoms with Crippen LogP contribution in [0.4, 0.5) is 10.5 Å². The Balaban J connectivity index is 1.90. The zero-order valence-corrected chi connectivity index (χ0v) is 12.7. The molecule has 2 rings (SSSR count). The van der Waals surface area contributed by atoms with E-state index >= 15 is 0 Å². The molecule has 22 heavy (non-hydrogen) atoms. The summed E-state index contributed by atoms with van der Waals surface area (Å²) < 4.78 is 15.7. The van der Waals surface area contributed by atoms with Crippen molar-refractivity contribution in [1.82, 2.24) is 0 Å². The molecular weight excluding hydrogens is 288 g/mol. The average Bonchev–Trinajstić information content (AvgIpc) is 2.89. The molecule has 0 saturated carbocycles. The van der Waals surface area contributed by atoms with Crippen molar-refractivity contribution < 1.29 is 24.2 Å². The van der Waals surface area contributed by atoms with Crippen molar-refractivity contribution in [2.45, 2.75) is 19.4 Å². The lowest BCUT2D eigenvalue weighted by atomic mass is 10.2. The van der Waals surface area contributed by atoms with Crippen LogP contribution in [0.1, 0.15) is 13.3 Å². The highest BCUT2D eigenvalue weighted by molar-refractivity contribution is 5.89. The highest BCUT2D eigenvalue weighted by Gasteiger charge is 2.32. The lowest BCUT2D eigenvalue weighted by molar-refractivity contribution is 0.0718. The van der Waals surface area contributed by atoms with E-state index in [2.05, 4.69) is 5.16 Å². The number of amides is 1. The predicted octanol–water partition coefficient (Wildman–Crippen LogP) is 2.28. The molecule has 0 aliphatic carbocycles. The first-order valence-corrected chi connectivity index (χ1v) is 7.01. The Morgan fingerprint density at radius 2 is 2.18 bits per heavy atom. The van der Waals surface area contributed by atoms with E-state index in [1.165, 1.54) is 0 Å². The predicted molar refractivity (Wildman–Crippen MR) is 80.9 cm³/mol. The summed E-state index contributed by atoms with van der Waals surface area (Å²) in [5.41, 5.74) is 1.37. The monoisotopic (exact) mass is 308 g/mol. The van der Waals surface area contributed by atoms with Gasteiger partial charge in [-0.1, -0.05) is 5.16 Å². The number of benzene rings is 1. The SMILES string of the molecule is COCC1CN(c2ccc(OCC/C(C)=N\O)cc2)C(=O)O1. The van der Waals surface area contributed by atoms with Gasteiger partial charge in [-0.2, -0.15) is 0 Å². The number of rotatable bonds is 7. The van der Waals surface area contributed by atoms with Crippen molar-refractivity contribution >= 4 is 17.5 Å². The van der Waals surface area contributed by atoms with Crippen LogP contribution in [0.5, 0.6) is 5.75 Å². The molecule has 1 unspecified atom stereocenters. The van der Waals surface area contributed by atoms with Crippen LogP contribution < -0.4 is 9.64 Å². The molecule has 7 nitrogen and oxygen atoms in total. The minimum atomic E-state index is -0.370. The van der Waals surface area contributed by atoms with Gasteiger partial charge in [-0.3, -0.25) is 4.90 Å². The van der Waals surface area contributed by atoms with Gasteiger partial charge >= 0.3 is 6.09 Å². The van der Waals surface area contributed by atoms with E-state index < -0.39 is 0 Å². The number of hydrogen-bond donors (Lipinski definition) is 1. The molecule has 7 heteroatoms. The average molecular weight is 308 g/mol. The van der Waals surface area contributed by atoms with Crippen LogP contribution in [-0.4, -0.2) is 50.0 Å². The molecule has 0 aromatic heterocycles. The first-order valence-electron chi connectivity index (χ1n) is 7.01. The lowest BCUT2D eigenvalue weighted by Gasteiger charge is -2.13. The van der Waals surface area contributed by atoms with Crippen molar-refractivity contribution in [2.24, 2.45) is 5.16 Å². The Hall–Kier alpha value is -2.28. The molecule has 1 heterocycles. The van der Waals surface area contributed by atoms with Crippen molar-refractivity contribution in [3.05, 3.63) is 24.3 Å². The topological polar surface area (TPSA) is 80.6 Å². The van der Waals surface area contributed by atoms with Crippen LogP contribution in [-0.2, 0) is 9.47 Å². The smallest absolute Gasteiger partial charge is 0.414 e. The number of nitrogens with zero attached hydrogens (tertiary/aromatic N) is 2. The summed E-state index contributed by atoms with van der Waals surface area (Å²) in [5.74, 6) is 0.690. The minimum Gasteiger partial charge on any atom is -0.493 e. The van der Waals surface area contributed by atoms with Gasteiger partial charge in [0.15, 0.2) is 0 Å². The van der Waals surface area contributed by atoms with Crippen LogP contribution in [0.3, 0.4) is 0 Å². The van der Waals surface area contributed by atoms with Crippen LogP contribution in [0, 0.1) is 0 Å². The number of cyclic esters (lactones) is 1. The van der Waals surface area contributed by atoms with E-state index in [1.54, 1.807) is 43.2 Å². The molecule has 1 aliphatic rings. The van der Waals surface area contributed by atoms with Crippen LogP contribution in [0.2, 0.25) is 0 Å². The van der Waals surface area contributed by atoms with Crippen molar-refractivity contribution in [3.63, 3.8) is 0 Å². The molecular formula is C15H20N2O5. The fourth-order valence-electron chi connectivity index (χ4n) is 2.09. The Morgan fingerprint density at radius 3 is 2.82 bits per heavy atom. The largest absolute Gasteiger partial charge is 0.493 e. The fourth-order valence-corrected chi connectivity index (χ4v) is 2.09. The van der Waals surface area contributed by atoms with Gasteiger partial charge in [0, 0.05) is 19.2 Å². The second-order valence-corrected chi connectivity index (χ2v) is 5.00. The van der Waals surface area contributed by atoms with Gasteiger partial charge < -0.3 is 19.4 Å². The Kier molecular flexibility index (Phi) is 5.60. The van der Waals surface area contributed by atoms with E-state index in [9.17, 15) is 4.79 Å². The molecule has 1 fully saturated rings. The fraction of sp³-hybridized carbons (Fsp3) is 0.467. The molecule has 1 aromatic carbocycles. The molecule has 1 saturated heterocycles. The molecule has 1 aromatic rings. The van der Waals surface area contributed by atoms with Gasteiger partial charge in [0.25, 0.3) is 0 Å². The number of carbonyl (C=O) groups is 1. The van der Waals surface area contributed by atoms with E-state index in [0.717, 1.165) is 5.69 Å². The molecule has 120 valence electrons. The highest BCUT2D eigenvalue weighted by Crippen LogP contribution is 2.24. The Bertz CT molecular complexity index is 529. The van der Waals surface area contributed by atoms with Crippen LogP contribution in [0.15, 0.2) is 29.4 Å². The number of oxime groups is 1. The summed E-state index contributed by atoms with van der Waals surface area (Å²) >= 11 is 0. The summed E-state index contributed by atoms with van der Waals surface area (Å²) in [4.78, 5) is 13.4. The third-order valence-corrected chi connectivity index (χ3v) is 3.28. The van der Waals surface area contributed by atoms with Gasteiger partial charge in [-0.25, -0.2) is 4.79 Å². The molecule has 1 aliphatic heterocycles. The second-order valence-electron chi connectivity index (χ2n) is 5.00. The van der Waals surface area contributed by atoms with Gasteiger partial charge in [0.05, 0.1) is 25.5 Å². The molecule has 0 spiro atoms. The van der Waals surface area contributed by atoms with E-state index in [0.29, 0.717) is 37.6 Å². The second kappa shape index (κ2) is 7.65. The quantitative estimate of drug-likeness (QED) is 0.475. The number of carbonyl (C=O) groups excluding carboxylic acids is 1. The van der Waals surface area contributed by atoms with Crippen molar-refractivity contribution in [3.8, 4) is 5.75 Å². The zero-order valence-electron chi connectivity index (χ0n) is 12.7. The van der Waals surface area contributed by atoms with Crippen molar-refractivity contribution in [2.75, 3.05) is 31.8 Å².